The molecule has 3 aromatic rings. The number of aliphatic hydroxyl groups is 8. The molecular weight excluding hydrogens is 912 g/mol. The number of phenolic OH excluding ortho intramolecular Hbond substituents is 6. The first-order chi connectivity index (χ1) is 32.3. The Balaban J connectivity index is 1.43. The van der Waals surface area contributed by atoms with Gasteiger partial charge in [0.15, 0.2) is 65.6 Å². The van der Waals surface area contributed by atoms with Crippen molar-refractivity contribution in [2.24, 2.45) is 0 Å². The molecule has 6 rings (SSSR count). The van der Waals surface area contributed by atoms with Crippen LogP contribution >= 0.6 is 0 Å². The molecule has 372 valence electrons. The van der Waals surface area contributed by atoms with Gasteiger partial charge in [0.05, 0.1) is 19.3 Å². The maximum atomic E-state index is 13.8. The molecule has 3 heterocycles. The number of aromatic hydroxyl groups is 6. The van der Waals surface area contributed by atoms with Crippen LogP contribution in [0.5, 0.6) is 34.5 Å². The zero-order valence-electron chi connectivity index (χ0n) is 35.7. The molecule has 3 saturated heterocycles. The van der Waals surface area contributed by atoms with E-state index in [0.717, 1.165) is 48.6 Å². The van der Waals surface area contributed by atoms with Gasteiger partial charge >= 0.3 is 11.9 Å². The van der Waals surface area contributed by atoms with Gasteiger partial charge in [-0.25, -0.2) is 9.59 Å². The molecule has 3 aromatic carbocycles. The van der Waals surface area contributed by atoms with Crippen molar-refractivity contribution in [1.82, 2.24) is 0 Å². The van der Waals surface area contributed by atoms with Gasteiger partial charge in [-0.3, -0.25) is 0 Å². The lowest BCUT2D eigenvalue weighted by atomic mass is 9.96. The Morgan fingerprint density at radius 1 is 0.603 bits per heavy atom. The lowest BCUT2D eigenvalue weighted by Gasteiger charge is -2.48. The predicted molar refractivity (Wildman–Crippen MR) is 224 cm³/mol. The van der Waals surface area contributed by atoms with E-state index >= 15 is 0 Å². The molecule has 0 aromatic heterocycles. The van der Waals surface area contributed by atoms with Crippen molar-refractivity contribution in [1.29, 1.82) is 0 Å². The molecule has 3 aliphatic rings. The Labute approximate surface area is 385 Å². The third kappa shape index (κ3) is 12.3. The van der Waals surface area contributed by atoms with Crippen molar-refractivity contribution in [3.8, 4) is 34.5 Å². The smallest absolute Gasteiger partial charge is 0.333 e. The average molecular weight is 965 g/mol. The molecule has 0 bridgehead atoms. The van der Waals surface area contributed by atoms with Gasteiger partial charge in [0.1, 0.15) is 54.9 Å². The van der Waals surface area contributed by atoms with Gasteiger partial charge in [-0.15, -0.1) is 0 Å². The summed E-state index contributed by atoms with van der Waals surface area (Å²) in [7, 11) is 0. The Morgan fingerprint density at radius 2 is 1.16 bits per heavy atom. The highest BCUT2D eigenvalue weighted by Gasteiger charge is 2.57. The summed E-state index contributed by atoms with van der Waals surface area (Å²) in [4.78, 5) is 27.5. The summed E-state index contributed by atoms with van der Waals surface area (Å²) in [6.45, 7) is 0.0116. The standard InChI is InChI=1S/C44H52O24/c1-18-31(54)33(56)35(58)42(62-18)66-38-37(60)41(61-13-12-21-4-9-24(48)27(51)16-21)67-40(39(38)64-29(52)10-5-19-2-7-22(46)25(49)14-19)44(68-43-36(59)34(57)32(55)28(17-45)63-43)65-30(53)11-6-20-3-8-23(47)26(50)15-20/h2-11,14-16,18,28,31-51,54-60H,12-13,17H2,1H3/t18-,28-,31-,32-,33+,34+,35+,36-,37+,38+,39-,40-,41-,42-,43+,44+/m0/s1. The number of ether oxygens (including phenoxy) is 8. The van der Waals surface area contributed by atoms with E-state index in [1.165, 1.54) is 37.3 Å². The summed E-state index contributed by atoms with van der Waals surface area (Å²) in [5.74, 6) is -5.53. The van der Waals surface area contributed by atoms with Gasteiger partial charge in [0.2, 0.25) is 6.29 Å². The first kappa shape index (κ1) is 51.7. The molecule has 0 spiro atoms. The first-order valence-corrected chi connectivity index (χ1v) is 20.8. The van der Waals surface area contributed by atoms with E-state index in [1.54, 1.807) is 0 Å². The minimum atomic E-state index is -2.35. The summed E-state index contributed by atoms with van der Waals surface area (Å²) < 4.78 is 46.6. The number of carbonyl (C=O) groups is 2. The third-order valence-electron chi connectivity index (χ3n) is 11.1. The minimum Gasteiger partial charge on any atom is -0.504 e. The van der Waals surface area contributed by atoms with Crippen LogP contribution in [0.15, 0.2) is 66.7 Å². The van der Waals surface area contributed by atoms with Crippen LogP contribution in [-0.2, 0) is 53.9 Å². The van der Waals surface area contributed by atoms with Crippen molar-refractivity contribution in [2.75, 3.05) is 13.2 Å². The summed E-state index contributed by atoms with van der Waals surface area (Å²) in [6.07, 6.45) is -27.4. The molecule has 0 amide bonds. The van der Waals surface area contributed by atoms with Crippen LogP contribution < -0.4 is 0 Å². The number of benzene rings is 3. The van der Waals surface area contributed by atoms with E-state index in [1.807, 2.05) is 0 Å². The maximum Gasteiger partial charge on any atom is 0.333 e. The molecule has 24 heteroatoms. The van der Waals surface area contributed by atoms with Gasteiger partial charge in [0.25, 0.3) is 0 Å². The molecule has 16 atom stereocenters. The van der Waals surface area contributed by atoms with E-state index in [4.69, 9.17) is 37.9 Å². The molecule has 0 saturated carbocycles. The highest BCUT2D eigenvalue weighted by Crippen LogP contribution is 2.36. The fourth-order valence-corrected chi connectivity index (χ4v) is 7.22. The number of aliphatic hydroxyl groups excluding tert-OH is 8. The third-order valence-corrected chi connectivity index (χ3v) is 11.1. The maximum absolute atomic E-state index is 13.8. The monoisotopic (exact) mass is 964 g/mol. The highest BCUT2D eigenvalue weighted by molar-refractivity contribution is 5.88. The van der Waals surface area contributed by atoms with Gasteiger partial charge in [-0.2, -0.15) is 0 Å². The molecule has 3 fully saturated rings. The fourth-order valence-electron chi connectivity index (χ4n) is 7.22. The molecule has 0 radical (unpaired) electrons. The SMILES string of the molecule is C[C@@H]1O[C@@H](O[C@@H]2[C@@H](O)[C@@H](OCCc3ccc(O)c(O)c3)O[C@H]([C@H](OC(=O)C=Cc3ccc(O)c(O)c3)O[C@H]3O[C@@H](CO)[C@H](O)[C@@H](O)[C@@H]3O)[C@H]2OC(=O)C=Cc2ccc(O)c(O)c2)[C@H](O)[C@H](O)[C@H]1O. The van der Waals surface area contributed by atoms with Crippen LogP contribution in [0, 0.1) is 0 Å². The zero-order chi connectivity index (χ0) is 49.6. The number of phenols is 6. The summed E-state index contributed by atoms with van der Waals surface area (Å²) in [5.41, 5.74) is 0.712. The second-order valence-corrected chi connectivity index (χ2v) is 15.9. The summed E-state index contributed by atoms with van der Waals surface area (Å²) in [6, 6.07) is 10.9. The molecule has 14 N–H and O–H groups in total. The second-order valence-electron chi connectivity index (χ2n) is 15.9. The van der Waals surface area contributed by atoms with Gasteiger partial charge in [-0.1, -0.05) is 18.2 Å². The van der Waals surface area contributed by atoms with Crippen LogP contribution in [0.4, 0.5) is 0 Å². The molecular formula is C44H52O24. The number of hydrogen-bond acceptors (Lipinski definition) is 24. The number of carbonyl (C=O) groups excluding carboxylic acids is 2. The molecule has 0 unspecified atom stereocenters. The van der Waals surface area contributed by atoms with Crippen molar-refractivity contribution >= 4 is 24.1 Å². The number of rotatable bonds is 16. The van der Waals surface area contributed by atoms with Crippen LogP contribution in [0.25, 0.3) is 12.2 Å². The van der Waals surface area contributed by atoms with Crippen molar-refractivity contribution in [3.05, 3.63) is 83.4 Å². The van der Waals surface area contributed by atoms with Gasteiger partial charge in [0, 0.05) is 12.2 Å². The molecule has 24 nitrogen and oxygen atoms in total. The Kier molecular flexibility index (Phi) is 17.2. The largest absolute Gasteiger partial charge is 0.504 e. The van der Waals surface area contributed by atoms with Crippen LogP contribution in [0.1, 0.15) is 23.6 Å². The topological polar surface area (TPSA) is 391 Å². The number of hydrogen-bond donors (Lipinski definition) is 14. The highest BCUT2D eigenvalue weighted by atomic mass is 16.8. The predicted octanol–water partition coefficient (Wildman–Crippen LogP) is -2.20. The second kappa shape index (κ2) is 22.6. The van der Waals surface area contributed by atoms with Gasteiger partial charge < -0.3 is 109 Å². The molecule has 0 aliphatic carbocycles. The van der Waals surface area contributed by atoms with Crippen LogP contribution in [-0.4, -0.2) is 195 Å². The average Bonchev–Trinajstić information content (AvgIpc) is 3.30. The summed E-state index contributed by atoms with van der Waals surface area (Å²) >= 11 is 0. The van der Waals surface area contributed by atoms with Crippen molar-refractivity contribution in [2.45, 2.75) is 112 Å². The van der Waals surface area contributed by atoms with Crippen LogP contribution in [0.3, 0.4) is 0 Å². The van der Waals surface area contributed by atoms with E-state index in [0.29, 0.717) is 5.56 Å². The molecule has 3 aliphatic heterocycles. The zero-order valence-corrected chi connectivity index (χ0v) is 35.7. The van der Waals surface area contributed by atoms with Crippen molar-refractivity contribution < 1.29 is 119 Å². The first-order valence-electron chi connectivity index (χ1n) is 20.8. The lowest BCUT2D eigenvalue weighted by molar-refractivity contribution is -0.390. The quantitative estimate of drug-likeness (QED) is 0.0313. The Hall–Kier alpha value is -5.68. The van der Waals surface area contributed by atoms with E-state index in [-0.39, 0.29) is 24.2 Å². The van der Waals surface area contributed by atoms with Crippen molar-refractivity contribution in [3.63, 3.8) is 0 Å². The van der Waals surface area contributed by atoms with Gasteiger partial charge in [-0.05, 0) is 78.6 Å². The van der Waals surface area contributed by atoms with E-state index in [2.05, 4.69) is 0 Å². The molecule has 68 heavy (non-hydrogen) atoms. The lowest BCUT2D eigenvalue weighted by Crippen LogP contribution is -2.67. The van der Waals surface area contributed by atoms with E-state index in [9.17, 15) is 81.1 Å². The fraction of sp³-hybridized carbons (Fsp3) is 0.455. The minimum absolute atomic E-state index is 0.0317. The normalized spacial score (nSPS) is 32.5. The summed E-state index contributed by atoms with van der Waals surface area (Å²) in [5, 5.41) is 145. The van der Waals surface area contributed by atoms with E-state index < -0.39 is 151 Å². The Bertz CT molecular complexity index is 2250. The van der Waals surface area contributed by atoms with Crippen LogP contribution in [0.2, 0.25) is 0 Å². The number of esters is 2. The Morgan fingerprint density at radius 3 is 1.75 bits per heavy atom.